The molecular formula is C24H29F2N3O4S. The van der Waals surface area contributed by atoms with Gasteiger partial charge in [0.25, 0.3) is 0 Å². The first-order valence-electron chi connectivity index (χ1n) is 11.4. The summed E-state index contributed by atoms with van der Waals surface area (Å²) in [6.45, 7) is 3.50. The van der Waals surface area contributed by atoms with E-state index in [0.717, 1.165) is 29.5 Å². The van der Waals surface area contributed by atoms with Crippen molar-refractivity contribution in [3.8, 4) is 0 Å². The number of nitrogens with one attached hydrogen (secondary N) is 1. The predicted molar refractivity (Wildman–Crippen MR) is 122 cm³/mol. The van der Waals surface area contributed by atoms with Gasteiger partial charge in [0.2, 0.25) is 15.9 Å². The molecule has 2 aliphatic rings. The molecule has 4 rings (SSSR count). The normalized spacial score (nSPS) is 20.8. The van der Waals surface area contributed by atoms with Gasteiger partial charge < -0.3 is 10.1 Å². The summed E-state index contributed by atoms with van der Waals surface area (Å²) in [5, 5.41) is 2.94. The third-order valence-electron chi connectivity index (χ3n) is 6.31. The maximum Gasteiger partial charge on any atom is 0.246 e. The first kappa shape index (κ1) is 24.7. The molecule has 1 amide bonds. The van der Waals surface area contributed by atoms with Gasteiger partial charge in [0.1, 0.15) is 16.5 Å². The van der Waals surface area contributed by atoms with Crippen LogP contribution in [0, 0.1) is 17.6 Å². The highest BCUT2D eigenvalue weighted by Crippen LogP contribution is 2.26. The summed E-state index contributed by atoms with van der Waals surface area (Å²) in [5.41, 5.74) is 1.23. The van der Waals surface area contributed by atoms with Crippen molar-refractivity contribution in [1.29, 1.82) is 0 Å². The number of morpholine rings is 1. The number of hydrogen-bond donors (Lipinski definition) is 1. The zero-order valence-electron chi connectivity index (χ0n) is 18.8. The second-order valence-electron chi connectivity index (χ2n) is 8.71. The van der Waals surface area contributed by atoms with E-state index in [9.17, 15) is 22.0 Å². The van der Waals surface area contributed by atoms with Crippen molar-refractivity contribution in [2.45, 2.75) is 30.4 Å². The number of hydrogen-bond acceptors (Lipinski definition) is 5. The molecule has 2 heterocycles. The van der Waals surface area contributed by atoms with E-state index in [1.165, 1.54) is 5.56 Å². The molecule has 0 spiro atoms. The number of carbonyl (C=O) groups is 1. The van der Waals surface area contributed by atoms with Crippen LogP contribution in [0.4, 0.5) is 8.78 Å². The lowest BCUT2D eigenvalue weighted by Crippen LogP contribution is -2.49. The Labute approximate surface area is 198 Å². The number of ether oxygens (including phenoxy) is 1. The van der Waals surface area contributed by atoms with Gasteiger partial charge in [0.15, 0.2) is 0 Å². The lowest BCUT2D eigenvalue weighted by Gasteiger charge is -2.34. The average Bonchev–Trinajstić information content (AvgIpc) is 2.85. The molecule has 2 aliphatic heterocycles. The Kier molecular flexibility index (Phi) is 7.92. The molecule has 0 radical (unpaired) electrons. The molecule has 0 aromatic heterocycles. The fourth-order valence-electron chi connectivity index (χ4n) is 4.42. The monoisotopic (exact) mass is 493 g/mol. The fraction of sp³-hybridized carbons (Fsp3) is 0.458. The highest BCUT2D eigenvalue weighted by atomic mass is 32.2. The van der Waals surface area contributed by atoms with E-state index < -0.39 is 26.6 Å². The molecular weight excluding hydrogens is 464 g/mol. The van der Waals surface area contributed by atoms with Crippen LogP contribution < -0.4 is 5.32 Å². The summed E-state index contributed by atoms with van der Waals surface area (Å²) >= 11 is 0. The first-order chi connectivity index (χ1) is 16.3. The van der Waals surface area contributed by atoms with E-state index in [0.29, 0.717) is 38.6 Å². The summed E-state index contributed by atoms with van der Waals surface area (Å²) in [6.07, 6.45) is 0.513. The third kappa shape index (κ3) is 5.99. The second-order valence-corrected chi connectivity index (χ2v) is 10.6. The topological polar surface area (TPSA) is 79.0 Å². The predicted octanol–water partition coefficient (Wildman–Crippen LogP) is 2.38. The molecule has 2 aromatic carbocycles. The van der Waals surface area contributed by atoms with Crippen LogP contribution in [-0.4, -0.2) is 69.0 Å². The van der Waals surface area contributed by atoms with Gasteiger partial charge in [0.05, 0.1) is 12.7 Å². The molecule has 34 heavy (non-hydrogen) atoms. The molecule has 1 unspecified atom stereocenters. The van der Waals surface area contributed by atoms with Crippen LogP contribution >= 0.6 is 0 Å². The first-order valence-corrected chi connectivity index (χ1v) is 12.9. The van der Waals surface area contributed by atoms with E-state index in [4.69, 9.17) is 4.74 Å². The van der Waals surface area contributed by atoms with E-state index >= 15 is 0 Å². The molecule has 7 nitrogen and oxygen atoms in total. The van der Waals surface area contributed by atoms with Crippen LogP contribution in [-0.2, 0) is 26.1 Å². The average molecular weight is 494 g/mol. The van der Waals surface area contributed by atoms with Gasteiger partial charge in [-0.15, -0.1) is 0 Å². The number of carbonyl (C=O) groups excluding carboxylic acids is 1. The molecule has 1 atom stereocenters. The van der Waals surface area contributed by atoms with Gasteiger partial charge >= 0.3 is 0 Å². The van der Waals surface area contributed by atoms with Crippen LogP contribution in [0.3, 0.4) is 0 Å². The van der Waals surface area contributed by atoms with Gasteiger partial charge in [-0.05, 0) is 36.6 Å². The number of halogens is 2. The zero-order chi connectivity index (χ0) is 24.1. The van der Waals surface area contributed by atoms with Crippen LogP contribution in [0.5, 0.6) is 0 Å². The number of rotatable bonds is 7. The Morgan fingerprint density at radius 2 is 1.79 bits per heavy atom. The summed E-state index contributed by atoms with van der Waals surface area (Å²) in [7, 11) is -4.16. The Morgan fingerprint density at radius 1 is 1.06 bits per heavy atom. The van der Waals surface area contributed by atoms with Crippen molar-refractivity contribution >= 4 is 15.9 Å². The van der Waals surface area contributed by atoms with E-state index in [-0.39, 0.29) is 31.0 Å². The Balaban J connectivity index is 1.25. The van der Waals surface area contributed by atoms with Crippen molar-refractivity contribution in [2.75, 3.05) is 39.3 Å². The summed E-state index contributed by atoms with van der Waals surface area (Å²) in [6, 6.07) is 12.5. The van der Waals surface area contributed by atoms with Crippen LogP contribution in [0.25, 0.3) is 0 Å². The lowest BCUT2D eigenvalue weighted by atomic mass is 9.97. The second kappa shape index (κ2) is 10.9. The molecule has 10 heteroatoms. The van der Waals surface area contributed by atoms with Gasteiger partial charge in [0, 0.05) is 45.2 Å². The van der Waals surface area contributed by atoms with Crippen molar-refractivity contribution in [1.82, 2.24) is 14.5 Å². The SMILES string of the molecule is O=C(NCC1CN(Cc2ccccc2)CCO1)C1CCN(S(=O)(=O)c2cc(F)ccc2F)CC1. The smallest absolute Gasteiger partial charge is 0.246 e. The molecule has 2 fully saturated rings. The third-order valence-corrected chi connectivity index (χ3v) is 8.23. The number of nitrogens with zero attached hydrogens (tertiary/aromatic N) is 2. The standard InChI is InChI=1S/C24H29F2N3O4S/c25-20-6-7-22(26)23(14-20)34(31,32)29-10-8-19(9-11-29)24(30)27-15-21-17-28(12-13-33-21)16-18-4-2-1-3-5-18/h1-7,14,19,21H,8-13,15-17H2,(H,27,30). The molecule has 2 aromatic rings. The molecule has 0 saturated carbocycles. The van der Waals surface area contributed by atoms with Crippen LogP contribution in [0.2, 0.25) is 0 Å². The maximum absolute atomic E-state index is 14.0. The van der Waals surface area contributed by atoms with Crippen LogP contribution in [0.15, 0.2) is 53.4 Å². The minimum Gasteiger partial charge on any atom is -0.374 e. The van der Waals surface area contributed by atoms with Gasteiger partial charge in [-0.2, -0.15) is 4.31 Å². The van der Waals surface area contributed by atoms with Gasteiger partial charge in [-0.25, -0.2) is 17.2 Å². The molecule has 1 N–H and O–H groups in total. The van der Waals surface area contributed by atoms with Gasteiger partial charge in [-0.1, -0.05) is 30.3 Å². The minimum atomic E-state index is -4.16. The van der Waals surface area contributed by atoms with Crippen molar-refractivity contribution in [2.24, 2.45) is 5.92 Å². The molecule has 184 valence electrons. The van der Waals surface area contributed by atoms with Crippen molar-refractivity contribution in [3.05, 3.63) is 65.7 Å². The quantitative estimate of drug-likeness (QED) is 0.641. The lowest BCUT2D eigenvalue weighted by molar-refractivity contribution is -0.127. The molecule has 0 bridgehead atoms. The highest BCUT2D eigenvalue weighted by molar-refractivity contribution is 7.89. The highest BCUT2D eigenvalue weighted by Gasteiger charge is 2.34. The Hall–Kier alpha value is -2.40. The molecule has 0 aliphatic carbocycles. The summed E-state index contributed by atoms with van der Waals surface area (Å²) in [5.74, 6) is -2.29. The van der Waals surface area contributed by atoms with E-state index in [1.807, 2.05) is 18.2 Å². The zero-order valence-corrected chi connectivity index (χ0v) is 19.6. The number of amides is 1. The number of benzene rings is 2. The minimum absolute atomic E-state index is 0.0706. The maximum atomic E-state index is 14.0. The Morgan fingerprint density at radius 3 is 2.53 bits per heavy atom. The summed E-state index contributed by atoms with van der Waals surface area (Å²) < 4.78 is 59.8. The van der Waals surface area contributed by atoms with E-state index in [2.05, 4.69) is 22.3 Å². The Bertz CT molecular complexity index is 1090. The summed E-state index contributed by atoms with van der Waals surface area (Å²) in [4.78, 5) is 14.3. The largest absolute Gasteiger partial charge is 0.374 e. The molecule has 2 saturated heterocycles. The van der Waals surface area contributed by atoms with Crippen molar-refractivity contribution < 1.29 is 26.7 Å². The fourth-order valence-corrected chi connectivity index (χ4v) is 5.97. The van der Waals surface area contributed by atoms with Gasteiger partial charge in [-0.3, -0.25) is 9.69 Å². The number of piperidine rings is 1. The van der Waals surface area contributed by atoms with Crippen molar-refractivity contribution in [3.63, 3.8) is 0 Å². The van der Waals surface area contributed by atoms with E-state index in [1.54, 1.807) is 0 Å². The number of sulfonamides is 1. The van der Waals surface area contributed by atoms with Crippen LogP contribution in [0.1, 0.15) is 18.4 Å².